The Labute approximate surface area is 115 Å². The number of rotatable bonds is 3. The Bertz CT molecular complexity index is 887. The molecule has 0 aromatic heterocycles. The highest BCUT2D eigenvalue weighted by Crippen LogP contribution is 2.31. The first-order valence-corrected chi connectivity index (χ1v) is 8.22. The lowest BCUT2D eigenvalue weighted by Gasteiger charge is -2.10. The van der Waals surface area contributed by atoms with Crippen LogP contribution in [0.25, 0.3) is 10.8 Å². The van der Waals surface area contributed by atoms with Gasteiger partial charge in [-0.3, -0.25) is 9.11 Å². The minimum Gasteiger partial charge on any atom is -0.388 e. The van der Waals surface area contributed by atoms with Gasteiger partial charge in [-0.15, -0.1) is 0 Å². The molecule has 2 aromatic carbocycles. The number of fused-ring (bicyclic) bond motifs is 1. The quantitative estimate of drug-likeness (QED) is 0.731. The van der Waals surface area contributed by atoms with E-state index in [1.54, 1.807) is 19.2 Å². The van der Waals surface area contributed by atoms with E-state index in [4.69, 9.17) is 4.55 Å². The van der Waals surface area contributed by atoms with Crippen molar-refractivity contribution < 1.29 is 25.9 Å². The van der Waals surface area contributed by atoms with Gasteiger partial charge >= 0.3 is 0 Å². The first-order valence-electron chi connectivity index (χ1n) is 5.34. The van der Waals surface area contributed by atoms with Gasteiger partial charge in [0.15, 0.2) is 0 Å². The first-order chi connectivity index (χ1) is 9.14. The van der Waals surface area contributed by atoms with Crippen LogP contribution >= 0.6 is 0 Å². The zero-order valence-electron chi connectivity index (χ0n) is 10.2. The van der Waals surface area contributed by atoms with E-state index in [1.165, 1.54) is 6.07 Å². The Morgan fingerprint density at radius 2 is 1.60 bits per heavy atom. The largest absolute Gasteiger partial charge is 0.388 e. The second kappa shape index (κ2) is 4.70. The summed E-state index contributed by atoms with van der Waals surface area (Å²) in [6.45, 7) is 0. The van der Waals surface area contributed by atoms with Crippen molar-refractivity contribution in [2.45, 2.75) is 9.79 Å². The molecule has 0 radical (unpaired) electrons. The predicted molar refractivity (Wildman–Crippen MR) is 73.1 cm³/mol. The van der Waals surface area contributed by atoms with E-state index < -0.39 is 30.0 Å². The van der Waals surface area contributed by atoms with Crippen molar-refractivity contribution in [1.82, 2.24) is 0 Å². The monoisotopic (exact) mass is 317 g/mol. The molecule has 2 aromatic rings. The molecule has 20 heavy (non-hydrogen) atoms. The molecule has 0 amide bonds. The predicted octanol–water partition coefficient (Wildman–Crippen LogP) is 1.37. The van der Waals surface area contributed by atoms with Gasteiger partial charge in [0, 0.05) is 23.5 Å². The lowest BCUT2D eigenvalue weighted by atomic mass is 10.1. The van der Waals surface area contributed by atoms with Crippen molar-refractivity contribution in [2.75, 3.05) is 12.4 Å². The smallest absolute Gasteiger partial charge is 0.295 e. The SMILES string of the molecule is CNc1cccc2c(S(=O)(=O)O)cc(S(=O)(=O)O)cc12. The first kappa shape index (κ1) is 14.7. The summed E-state index contributed by atoms with van der Waals surface area (Å²) in [4.78, 5) is -1.19. The molecule has 0 heterocycles. The van der Waals surface area contributed by atoms with Crippen LogP contribution in [0.4, 0.5) is 5.69 Å². The Balaban J connectivity index is 3.05. The number of anilines is 1. The van der Waals surface area contributed by atoms with Crippen LogP contribution in [0.3, 0.4) is 0 Å². The second-order valence-corrected chi connectivity index (χ2v) is 6.83. The molecular formula is C11H11NO6S2. The minimum absolute atomic E-state index is 0.145. The van der Waals surface area contributed by atoms with Gasteiger partial charge in [0.1, 0.15) is 4.90 Å². The molecule has 7 nitrogen and oxygen atoms in total. The van der Waals surface area contributed by atoms with Gasteiger partial charge < -0.3 is 5.32 Å². The highest BCUT2D eigenvalue weighted by atomic mass is 32.2. The summed E-state index contributed by atoms with van der Waals surface area (Å²) in [5, 5.41) is 3.17. The summed E-state index contributed by atoms with van der Waals surface area (Å²) in [6, 6.07) is 6.42. The number of benzene rings is 2. The van der Waals surface area contributed by atoms with Crippen LogP contribution in [0, 0.1) is 0 Å². The van der Waals surface area contributed by atoms with Crippen molar-refractivity contribution in [1.29, 1.82) is 0 Å². The average molecular weight is 317 g/mol. The zero-order chi connectivity index (χ0) is 15.1. The van der Waals surface area contributed by atoms with Crippen LogP contribution in [-0.4, -0.2) is 33.0 Å². The van der Waals surface area contributed by atoms with Gasteiger partial charge in [-0.25, -0.2) is 0 Å². The maximum atomic E-state index is 11.4. The molecule has 0 atom stereocenters. The molecule has 108 valence electrons. The summed E-state index contributed by atoms with van der Waals surface area (Å²) < 4.78 is 63.5. The van der Waals surface area contributed by atoms with Crippen LogP contribution in [0.5, 0.6) is 0 Å². The van der Waals surface area contributed by atoms with Crippen molar-refractivity contribution >= 4 is 36.7 Å². The summed E-state index contributed by atoms with van der Waals surface area (Å²) in [5.41, 5.74) is 0.456. The van der Waals surface area contributed by atoms with Crippen LogP contribution < -0.4 is 5.32 Å². The third-order valence-electron chi connectivity index (χ3n) is 2.78. The van der Waals surface area contributed by atoms with Gasteiger partial charge in [0.05, 0.1) is 4.90 Å². The maximum absolute atomic E-state index is 11.4. The molecule has 0 saturated heterocycles. The highest BCUT2D eigenvalue weighted by molar-refractivity contribution is 7.86. The second-order valence-electron chi connectivity index (χ2n) is 4.02. The van der Waals surface area contributed by atoms with E-state index >= 15 is 0 Å². The van der Waals surface area contributed by atoms with E-state index in [-0.39, 0.29) is 10.8 Å². The van der Waals surface area contributed by atoms with Crippen molar-refractivity contribution in [3.8, 4) is 0 Å². The third kappa shape index (κ3) is 2.61. The van der Waals surface area contributed by atoms with Gasteiger partial charge in [0.2, 0.25) is 0 Å². The van der Waals surface area contributed by atoms with Crippen LogP contribution in [0.1, 0.15) is 0 Å². The molecule has 0 aliphatic heterocycles. The van der Waals surface area contributed by atoms with E-state index in [2.05, 4.69) is 5.32 Å². The van der Waals surface area contributed by atoms with Crippen molar-refractivity contribution in [2.24, 2.45) is 0 Å². The Morgan fingerprint density at radius 3 is 2.10 bits per heavy atom. The summed E-state index contributed by atoms with van der Waals surface area (Å²) >= 11 is 0. The van der Waals surface area contributed by atoms with Gasteiger partial charge in [-0.05, 0) is 18.2 Å². The molecule has 0 spiro atoms. The average Bonchev–Trinajstić information content (AvgIpc) is 2.34. The normalized spacial score (nSPS) is 12.6. The number of hydrogen-bond acceptors (Lipinski definition) is 5. The Hall–Kier alpha value is -1.68. The minimum atomic E-state index is -4.64. The van der Waals surface area contributed by atoms with E-state index in [0.29, 0.717) is 11.8 Å². The standard InChI is InChI=1S/C11H11NO6S2/c1-12-10-4-2-3-8-9(10)5-7(19(13,14)15)6-11(8)20(16,17)18/h2-6,12H,1H3,(H,13,14,15)(H,16,17,18). The van der Waals surface area contributed by atoms with Gasteiger partial charge in [0.25, 0.3) is 20.2 Å². The van der Waals surface area contributed by atoms with Crippen molar-refractivity contribution in [3.05, 3.63) is 30.3 Å². The molecule has 9 heteroatoms. The van der Waals surface area contributed by atoms with Crippen LogP contribution in [0.2, 0.25) is 0 Å². The molecule has 0 unspecified atom stereocenters. The third-order valence-corrected chi connectivity index (χ3v) is 4.50. The fraction of sp³-hybridized carbons (Fsp3) is 0.0909. The van der Waals surface area contributed by atoms with Gasteiger partial charge in [-0.2, -0.15) is 16.8 Å². The van der Waals surface area contributed by atoms with Crippen LogP contribution in [0.15, 0.2) is 40.1 Å². The molecular weight excluding hydrogens is 306 g/mol. The van der Waals surface area contributed by atoms with Crippen LogP contribution in [-0.2, 0) is 20.2 Å². The molecule has 0 bridgehead atoms. The Morgan fingerprint density at radius 1 is 0.950 bits per heavy atom. The summed E-state index contributed by atoms with van der Waals surface area (Å²) in [6.07, 6.45) is 0. The lowest BCUT2D eigenvalue weighted by molar-refractivity contribution is 0.482. The number of nitrogens with one attached hydrogen (secondary N) is 1. The summed E-state index contributed by atoms with van der Waals surface area (Å²) in [5.74, 6) is 0. The molecule has 0 saturated carbocycles. The molecule has 2 rings (SSSR count). The highest BCUT2D eigenvalue weighted by Gasteiger charge is 2.21. The van der Waals surface area contributed by atoms with E-state index in [0.717, 1.165) is 6.07 Å². The lowest BCUT2D eigenvalue weighted by Crippen LogP contribution is -2.05. The van der Waals surface area contributed by atoms with E-state index in [1.807, 2.05) is 0 Å². The van der Waals surface area contributed by atoms with E-state index in [9.17, 15) is 21.4 Å². The fourth-order valence-electron chi connectivity index (χ4n) is 1.91. The molecule has 0 fully saturated rings. The number of hydrogen-bond donors (Lipinski definition) is 3. The Kier molecular flexibility index (Phi) is 3.46. The maximum Gasteiger partial charge on any atom is 0.295 e. The molecule has 0 aliphatic carbocycles. The molecule has 0 aliphatic rings. The molecule has 3 N–H and O–H groups in total. The topological polar surface area (TPSA) is 121 Å². The van der Waals surface area contributed by atoms with Crippen molar-refractivity contribution in [3.63, 3.8) is 0 Å². The zero-order valence-corrected chi connectivity index (χ0v) is 11.9. The fourth-order valence-corrected chi connectivity index (χ4v) is 3.25. The van der Waals surface area contributed by atoms with Gasteiger partial charge in [-0.1, -0.05) is 12.1 Å². The summed E-state index contributed by atoms with van der Waals surface area (Å²) in [7, 11) is -7.67.